The fourth-order valence-electron chi connectivity index (χ4n) is 3.94. The number of anilines is 3. The van der Waals surface area contributed by atoms with E-state index < -0.39 is 5.97 Å². The van der Waals surface area contributed by atoms with Gasteiger partial charge in [-0.25, -0.2) is 4.79 Å². The summed E-state index contributed by atoms with van der Waals surface area (Å²) in [5.41, 5.74) is 3.81. The van der Waals surface area contributed by atoms with E-state index in [1.165, 1.54) is 6.07 Å². The highest BCUT2D eigenvalue weighted by Gasteiger charge is 2.22. The fourth-order valence-corrected chi connectivity index (χ4v) is 4.07. The van der Waals surface area contributed by atoms with Gasteiger partial charge in [-0.2, -0.15) is 0 Å². The lowest BCUT2D eigenvalue weighted by Crippen LogP contribution is -2.47. The average molecular weight is 450 g/mol. The molecule has 1 saturated heterocycles. The van der Waals surface area contributed by atoms with Crippen molar-refractivity contribution in [1.82, 2.24) is 0 Å². The van der Waals surface area contributed by atoms with Crippen molar-refractivity contribution in [2.24, 2.45) is 0 Å². The molecule has 0 radical (unpaired) electrons. The topological polar surface area (TPSA) is 72.9 Å². The molecule has 0 aromatic heterocycles. The molecule has 4 rings (SSSR count). The molecule has 32 heavy (non-hydrogen) atoms. The monoisotopic (exact) mass is 449 g/mol. The Kier molecular flexibility index (Phi) is 6.32. The van der Waals surface area contributed by atoms with Crippen LogP contribution in [-0.2, 0) is 0 Å². The summed E-state index contributed by atoms with van der Waals surface area (Å²) < 4.78 is 0. The van der Waals surface area contributed by atoms with Crippen LogP contribution in [0.3, 0.4) is 0 Å². The van der Waals surface area contributed by atoms with E-state index >= 15 is 0 Å². The molecule has 1 fully saturated rings. The molecule has 1 aliphatic rings. The van der Waals surface area contributed by atoms with E-state index in [1.54, 1.807) is 24.3 Å². The summed E-state index contributed by atoms with van der Waals surface area (Å²) in [6.07, 6.45) is 0. The Bertz CT molecular complexity index is 1140. The number of benzene rings is 3. The van der Waals surface area contributed by atoms with Gasteiger partial charge in [0.1, 0.15) is 0 Å². The molecule has 0 saturated carbocycles. The van der Waals surface area contributed by atoms with Gasteiger partial charge in [-0.1, -0.05) is 29.8 Å². The number of halogens is 1. The molecule has 1 amide bonds. The third-order valence-electron chi connectivity index (χ3n) is 5.69. The third kappa shape index (κ3) is 4.70. The van der Waals surface area contributed by atoms with Crippen molar-refractivity contribution in [1.29, 1.82) is 0 Å². The number of aryl methyl sites for hydroxylation is 1. The number of carbonyl (C=O) groups is 2. The molecule has 0 aliphatic carbocycles. The molecular weight excluding hydrogens is 426 g/mol. The van der Waals surface area contributed by atoms with Crippen molar-refractivity contribution < 1.29 is 14.7 Å². The van der Waals surface area contributed by atoms with E-state index in [1.807, 2.05) is 43.3 Å². The highest BCUT2D eigenvalue weighted by Crippen LogP contribution is 2.28. The maximum absolute atomic E-state index is 12.6. The fraction of sp³-hybridized carbons (Fsp3) is 0.200. The SMILES string of the molecule is Cc1ccccc1C(=O)Nc1ccc(N2CCN(c3ccc(Cl)cc3)CC2)c(C(=O)O)c1. The summed E-state index contributed by atoms with van der Waals surface area (Å²) in [4.78, 5) is 28.9. The van der Waals surface area contributed by atoms with Crippen molar-refractivity contribution in [2.75, 3.05) is 41.3 Å². The summed E-state index contributed by atoms with van der Waals surface area (Å²) in [5, 5.41) is 13.3. The largest absolute Gasteiger partial charge is 0.478 e. The first-order chi connectivity index (χ1) is 15.4. The number of hydrogen-bond acceptors (Lipinski definition) is 4. The Labute approximate surface area is 192 Å². The van der Waals surface area contributed by atoms with Crippen LogP contribution >= 0.6 is 11.6 Å². The number of nitrogens with zero attached hydrogens (tertiary/aromatic N) is 2. The number of hydrogen-bond donors (Lipinski definition) is 2. The number of piperazine rings is 1. The molecule has 3 aromatic rings. The Hall–Kier alpha value is -3.51. The van der Waals surface area contributed by atoms with Gasteiger partial charge < -0.3 is 20.2 Å². The Morgan fingerprint density at radius 2 is 1.53 bits per heavy atom. The van der Waals surface area contributed by atoms with Crippen molar-refractivity contribution in [3.05, 3.63) is 88.4 Å². The van der Waals surface area contributed by atoms with Crippen LogP contribution in [0.5, 0.6) is 0 Å². The second-order valence-corrected chi connectivity index (χ2v) is 8.19. The zero-order valence-electron chi connectivity index (χ0n) is 17.7. The number of amides is 1. The van der Waals surface area contributed by atoms with E-state index in [0.717, 1.165) is 24.3 Å². The van der Waals surface area contributed by atoms with Crippen LogP contribution in [0.15, 0.2) is 66.7 Å². The molecule has 0 unspecified atom stereocenters. The lowest BCUT2D eigenvalue weighted by Gasteiger charge is -2.38. The van der Waals surface area contributed by atoms with Crippen LogP contribution in [0.2, 0.25) is 5.02 Å². The van der Waals surface area contributed by atoms with Gasteiger partial charge in [0.25, 0.3) is 5.91 Å². The zero-order chi connectivity index (χ0) is 22.7. The van der Waals surface area contributed by atoms with E-state index in [9.17, 15) is 14.7 Å². The summed E-state index contributed by atoms with van der Waals surface area (Å²) in [5.74, 6) is -1.28. The quantitative estimate of drug-likeness (QED) is 0.578. The molecule has 1 heterocycles. The predicted molar refractivity (Wildman–Crippen MR) is 128 cm³/mol. The second kappa shape index (κ2) is 9.32. The number of nitrogens with one attached hydrogen (secondary N) is 1. The molecule has 6 nitrogen and oxygen atoms in total. The smallest absolute Gasteiger partial charge is 0.337 e. The van der Waals surface area contributed by atoms with Crippen LogP contribution in [0.25, 0.3) is 0 Å². The minimum absolute atomic E-state index is 0.174. The van der Waals surface area contributed by atoms with Gasteiger partial charge in [-0.3, -0.25) is 4.79 Å². The van der Waals surface area contributed by atoms with E-state index in [4.69, 9.17) is 11.6 Å². The van der Waals surface area contributed by atoms with Crippen LogP contribution in [-0.4, -0.2) is 43.2 Å². The van der Waals surface area contributed by atoms with Gasteiger partial charge in [-0.15, -0.1) is 0 Å². The first-order valence-electron chi connectivity index (χ1n) is 10.4. The molecule has 0 spiro atoms. The van der Waals surface area contributed by atoms with E-state index in [0.29, 0.717) is 35.1 Å². The molecule has 0 bridgehead atoms. The van der Waals surface area contributed by atoms with Gasteiger partial charge in [-0.05, 0) is 61.0 Å². The van der Waals surface area contributed by atoms with Crippen molar-refractivity contribution in [2.45, 2.75) is 6.92 Å². The molecule has 0 atom stereocenters. The molecule has 2 N–H and O–H groups in total. The van der Waals surface area contributed by atoms with Gasteiger partial charge in [0.2, 0.25) is 0 Å². The summed E-state index contributed by atoms with van der Waals surface area (Å²) in [7, 11) is 0. The standard InChI is InChI=1S/C25H24ClN3O3/c1-17-4-2-3-5-21(17)24(30)27-19-8-11-23(22(16-19)25(31)32)29-14-12-28(13-15-29)20-9-6-18(26)7-10-20/h2-11,16H,12-15H2,1H3,(H,27,30)(H,31,32). The van der Waals surface area contributed by atoms with Crippen LogP contribution in [0, 0.1) is 6.92 Å². The van der Waals surface area contributed by atoms with Gasteiger partial charge in [0.05, 0.1) is 11.3 Å². The Morgan fingerprint density at radius 1 is 0.875 bits per heavy atom. The molecule has 7 heteroatoms. The minimum atomic E-state index is -1.02. The Balaban J connectivity index is 1.49. The molecule has 3 aromatic carbocycles. The Morgan fingerprint density at radius 3 is 2.19 bits per heavy atom. The lowest BCUT2D eigenvalue weighted by atomic mass is 10.1. The van der Waals surface area contributed by atoms with E-state index in [-0.39, 0.29) is 11.5 Å². The van der Waals surface area contributed by atoms with Crippen molar-refractivity contribution >= 4 is 40.5 Å². The number of aromatic carboxylic acids is 1. The van der Waals surface area contributed by atoms with Gasteiger partial charge >= 0.3 is 5.97 Å². The predicted octanol–water partition coefficient (Wildman–Crippen LogP) is 4.93. The maximum atomic E-state index is 12.6. The second-order valence-electron chi connectivity index (χ2n) is 7.76. The number of carbonyl (C=O) groups excluding carboxylic acids is 1. The highest BCUT2D eigenvalue weighted by molar-refractivity contribution is 6.30. The summed E-state index contributed by atoms with van der Waals surface area (Å²) >= 11 is 5.98. The minimum Gasteiger partial charge on any atom is -0.478 e. The molecule has 1 aliphatic heterocycles. The normalized spacial score (nSPS) is 13.7. The first-order valence-corrected chi connectivity index (χ1v) is 10.8. The molecule has 164 valence electrons. The number of carboxylic acid groups (broad SMARTS) is 1. The third-order valence-corrected chi connectivity index (χ3v) is 5.94. The van der Waals surface area contributed by atoms with Crippen LogP contribution in [0.4, 0.5) is 17.1 Å². The van der Waals surface area contributed by atoms with Crippen molar-refractivity contribution in [3.63, 3.8) is 0 Å². The van der Waals surface area contributed by atoms with Gasteiger partial charge in [0, 0.05) is 48.1 Å². The summed E-state index contributed by atoms with van der Waals surface area (Å²) in [6, 6.07) is 20.1. The van der Waals surface area contributed by atoms with Gasteiger partial charge in [0.15, 0.2) is 0 Å². The maximum Gasteiger partial charge on any atom is 0.337 e. The zero-order valence-corrected chi connectivity index (χ0v) is 18.5. The van der Waals surface area contributed by atoms with Crippen LogP contribution < -0.4 is 15.1 Å². The molecular formula is C25H24ClN3O3. The average Bonchev–Trinajstić information content (AvgIpc) is 2.80. The lowest BCUT2D eigenvalue weighted by molar-refractivity contribution is 0.0697. The number of carboxylic acids is 1. The van der Waals surface area contributed by atoms with Crippen LogP contribution in [0.1, 0.15) is 26.3 Å². The van der Waals surface area contributed by atoms with E-state index in [2.05, 4.69) is 15.1 Å². The first kappa shape index (κ1) is 21.7. The van der Waals surface area contributed by atoms with Crippen molar-refractivity contribution in [3.8, 4) is 0 Å². The summed E-state index contributed by atoms with van der Waals surface area (Å²) in [6.45, 7) is 4.79. The number of rotatable bonds is 5. The highest BCUT2D eigenvalue weighted by atomic mass is 35.5.